The van der Waals surface area contributed by atoms with E-state index in [-0.39, 0.29) is 11.8 Å². The second-order valence-electron chi connectivity index (χ2n) is 6.74. The number of likely N-dealkylation sites (N-methyl/N-ethyl adjacent to an activating group) is 1. The van der Waals surface area contributed by atoms with E-state index in [4.69, 9.17) is 4.42 Å². The summed E-state index contributed by atoms with van der Waals surface area (Å²) in [5.74, 6) is -0.605. The van der Waals surface area contributed by atoms with Gasteiger partial charge in [-0.15, -0.1) is 0 Å². The van der Waals surface area contributed by atoms with Gasteiger partial charge in [-0.1, -0.05) is 36.4 Å². The lowest BCUT2D eigenvalue weighted by Gasteiger charge is -2.06. The molecule has 0 aliphatic carbocycles. The predicted molar refractivity (Wildman–Crippen MR) is 104 cm³/mol. The van der Waals surface area contributed by atoms with E-state index in [0.717, 1.165) is 21.9 Å². The summed E-state index contributed by atoms with van der Waals surface area (Å²) in [6.45, 7) is 0. The van der Waals surface area contributed by atoms with E-state index in [0.29, 0.717) is 22.3 Å². The van der Waals surface area contributed by atoms with Crippen LogP contribution in [-0.4, -0.2) is 28.3 Å². The number of nitrogens with zero attached hydrogens (tertiary/aromatic N) is 2. The Morgan fingerprint density at radius 3 is 2.19 bits per heavy atom. The van der Waals surface area contributed by atoms with Gasteiger partial charge in [0.25, 0.3) is 11.8 Å². The number of hydrogen-bond acceptors (Lipinski definition) is 3. The normalized spacial score (nSPS) is 15.0. The Morgan fingerprint density at radius 1 is 0.778 bits per heavy atom. The lowest BCUT2D eigenvalue weighted by Crippen LogP contribution is -2.26. The largest absolute Gasteiger partial charge is 0.464 e. The monoisotopic (exact) mass is 356 g/mol. The van der Waals surface area contributed by atoms with Crippen molar-refractivity contribution in [3.05, 3.63) is 72.1 Å². The maximum absolute atomic E-state index is 13.0. The van der Waals surface area contributed by atoms with Crippen molar-refractivity contribution >= 4 is 44.8 Å². The number of benzene rings is 2. The van der Waals surface area contributed by atoms with Gasteiger partial charge in [0, 0.05) is 47.7 Å². The lowest BCUT2D eigenvalue weighted by molar-refractivity contribution is -0.134. The number of para-hydroxylation sites is 2. The topological polar surface area (TPSA) is 55.5 Å². The molecule has 5 heteroatoms. The van der Waals surface area contributed by atoms with E-state index in [1.54, 1.807) is 6.26 Å². The molecular weight excluding hydrogens is 340 g/mol. The Bertz CT molecular complexity index is 1290. The van der Waals surface area contributed by atoms with E-state index >= 15 is 0 Å². The van der Waals surface area contributed by atoms with Crippen molar-refractivity contribution in [1.29, 1.82) is 0 Å². The first kappa shape index (κ1) is 15.6. The van der Waals surface area contributed by atoms with Crippen LogP contribution in [-0.2, 0) is 16.6 Å². The minimum absolute atomic E-state index is 0.295. The maximum atomic E-state index is 13.0. The molecule has 5 rings (SSSR count). The first-order valence-electron chi connectivity index (χ1n) is 8.65. The average Bonchev–Trinajstić information content (AvgIpc) is 3.32. The van der Waals surface area contributed by atoms with Crippen LogP contribution in [0.3, 0.4) is 0 Å². The maximum Gasteiger partial charge on any atom is 0.262 e. The zero-order valence-electron chi connectivity index (χ0n) is 14.9. The number of aromatic nitrogens is 1. The summed E-state index contributed by atoms with van der Waals surface area (Å²) in [6, 6.07) is 15.4. The first-order chi connectivity index (χ1) is 13.1. The molecule has 0 fully saturated rings. The number of fused-ring (bicyclic) bond motifs is 2. The second-order valence-corrected chi connectivity index (χ2v) is 6.74. The molecule has 0 saturated heterocycles. The third-order valence-corrected chi connectivity index (χ3v) is 5.20. The van der Waals surface area contributed by atoms with Gasteiger partial charge in [0.05, 0.1) is 17.4 Å². The van der Waals surface area contributed by atoms with Crippen LogP contribution in [0.25, 0.3) is 33.0 Å². The van der Waals surface area contributed by atoms with Gasteiger partial charge in [-0.3, -0.25) is 14.5 Å². The number of rotatable bonds is 2. The van der Waals surface area contributed by atoms with Crippen LogP contribution < -0.4 is 0 Å². The van der Waals surface area contributed by atoms with Gasteiger partial charge in [0.1, 0.15) is 5.58 Å². The highest BCUT2D eigenvalue weighted by molar-refractivity contribution is 6.50. The summed E-state index contributed by atoms with van der Waals surface area (Å²) in [5.41, 5.74) is 3.92. The van der Waals surface area contributed by atoms with Gasteiger partial charge >= 0.3 is 0 Å². The van der Waals surface area contributed by atoms with Crippen molar-refractivity contribution in [2.75, 3.05) is 7.05 Å². The van der Waals surface area contributed by atoms with E-state index < -0.39 is 0 Å². The Hall–Kier alpha value is -3.60. The van der Waals surface area contributed by atoms with Crippen LogP contribution in [0, 0.1) is 0 Å². The molecule has 4 aromatic rings. The molecule has 0 radical (unpaired) electrons. The summed E-state index contributed by atoms with van der Waals surface area (Å²) < 4.78 is 7.61. The van der Waals surface area contributed by atoms with E-state index in [2.05, 4.69) is 0 Å². The molecule has 132 valence electrons. The van der Waals surface area contributed by atoms with Gasteiger partial charge in [0.15, 0.2) is 0 Å². The van der Waals surface area contributed by atoms with Crippen molar-refractivity contribution in [1.82, 2.24) is 9.47 Å². The number of carbonyl (C=O) groups excluding carboxylic acids is 2. The molecule has 2 aromatic heterocycles. The zero-order chi connectivity index (χ0) is 18.7. The fourth-order valence-corrected chi connectivity index (χ4v) is 3.85. The molecular formula is C22H16N2O3. The fraction of sp³-hybridized carbons (Fsp3) is 0.0909. The number of carbonyl (C=O) groups is 2. The van der Waals surface area contributed by atoms with Crippen LogP contribution in [0.4, 0.5) is 0 Å². The summed E-state index contributed by atoms with van der Waals surface area (Å²) in [6.07, 6.45) is 3.47. The highest BCUT2D eigenvalue weighted by Gasteiger charge is 2.39. The van der Waals surface area contributed by atoms with Crippen LogP contribution in [0.2, 0.25) is 0 Å². The third kappa shape index (κ3) is 2.05. The molecule has 0 saturated carbocycles. The zero-order valence-corrected chi connectivity index (χ0v) is 14.9. The first-order valence-corrected chi connectivity index (χ1v) is 8.65. The van der Waals surface area contributed by atoms with Crippen molar-refractivity contribution in [3.63, 3.8) is 0 Å². The minimum Gasteiger partial charge on any atom is -0.464 e. The molecule has 1 aliphatic heterocycles. The highest BCUT2D eigenvalue weighted by atomic mass is 16.3. The van der Waals surface area contributed by atoms with Gasteiger partial charge in [0.2, 0.25) is 0 Å². The molecule has 27 heavy (non-hydrogen) atoms. The highest BCUT2D eigenvalue weighted by Crippen LogP contribution is 2.40. The predicted octanol–water partition coefficient (Wildman–Crippen LogP) is 3.83. The van der Waals surface area contributed by atoms with Crippen LogP contribution in [0.5, 0.6) is 0 Å². The molecule has 0 unspecified atom stereocenters. The third-order valence-electron chi connectivity index (χ3n) is 5.20. The van der Waals surface area contributed by atoms with E-state index in [9.17, 15) is 9.59 Å². The molecule has 3 heterocycles. The number of imide groups is 1. The Labute approximate surface area is 155 Å². The van der Waals surface area contributed by atoms with Crippen molar-refractivity contribution in [3.8, 4) is 0 Å². The summed E-state index contributed by atoms with van der Waals surface area (Å²) in [5, 5.41) is 1.76. The lowest BCUT2D eigenvalue weighted by atomic mass is 9.95. The summed E-state index contributed by atoms with van der Waals surface area (Å²) in [4.78, 5) is 27.2. The SMILES string of the molecule is CN1C(=O)C(c2coc3ccccc23)=C(c2cn(C)c3ccccc23)C1=O. The standard InChI is InChI=1S/C22H16N2O3/c1-23-11-15(13-7-3-5-9-17(13)23)19-20(22(26)24(2)21(19)25)16-12-27-18-10-6-4-8-14(16)18/h3-12H,1-2H3. The van der Waals surface area contributed by atoms with Gasteiger partial charge in [-0.05, 0) is 12.1 Å². The molecule has 2 aromatic carbocycles. The molecule has 5 nitrogen and oxygen atoms in total. The van der Waals surface area contributed by atoms with Crippen LogP contribution >= 0.6 is 0 Å². The Morgan fingerprint density at radius 2 is 1.41 bits per heavy atom. The molecule has 2 amide bonds. The van der Waals surface area contributed by atoms with Crippen LogP contribution in [0.1, 0.15) is 11.1 Å². The van der Waals surface area contributed by atoms with Crippen molar-refractivity contribution < 1.29 is 14.0 Å². The average molecular weight is 356 g/mol. The van der Waals surface area contributed by atoms with Crippen LogP contribution in [0.15, 0.2) is 65.4 Å². The van der Waals surface area contributed by atoms with Gasteiger partial charge in [-0.2, -0.15) is 0 Å². The molecule has 0 atom stereocenters. The van der Waals surface area contributed by atoms with Crippen molar-refractivity contribution in [2.45, 2.75) is 0 Å². The molecule has 0 N–H and O–H groups in total. The molecule has 0 bridgehead atoms. The number of amides is 2. The second kappa shape index (κ2) is 5.45. The minimum atomic E-state index is -0.311. The number of aryl methyl sites for hydroxylation is 1. The van der Waals surface area contributed by atoms with Gasteiger partial charge < -0.3 is 8.98 Å². The molecule has 1 aliphatic rings. The van der Waals surface area contributed by atoms with Gasteiger partial charge in [-0.25, -0.2) is 0 Å². The van der Waals surface area contributed by atoms with Crippen molar-refractivity contribution in [2.24, 2.45) is 7.05 Å². The smallest absolute Gasteiger partial charge is 0.262 e. The fourth-order valence-electron chi connectivity index (χ4n) is 3.85. The quantitative estimate of drug-likeness (QED) is 0.513. The summed E-state index contributed by atoms with van der Waals surface area (Å²) >= 11 is 0. The number of hydrogen-bond donors (Lipinski definition) is 0. The Balaban J connectivity index is 1.88. The van der Waals surface area contributed by atoms with E-state index in [1.165, 1.54) is 11.9 Å². The van der Waals surface area contributed by atoms with E-state index in [1.807, 2.05) is 66.3 Å². The summed E-state index contributed by atoms with van der Waals surface area (Å²) in [7, 11) is 3.45. The molecule has 0 spiro atoms. The number of furan rings is 1. The Kier molecular flexibility index (Phi) is 3.15.